The van der Waals surface area contributed by atoms with E-state index in [-0.39, 0.29) is 23.4 Å². The fourth-order valence-electron chi connectivity index (χ4n) is 3.73. The maximum atomic E-state index is 13.0. The van der Waals surface area contributed by atoms with Gasteiger partial charge in [0.15, 0.2) is 0 Å². The molecule has 32 heavy (non-hydrogen) atoms. The number of hydrogen-bond donors (Lipinski definition) is 2. The predicted molar refractivity (Wildman–Crippen MR) is 118 cm³/mol. The summed E-state index contributed by atoms with van der Waals surface area (Å²) in [5, 5.41) is 16.5. The fourth-order valence-corrected chi connectivity index (χ4v) is 3.73. The van der Waals surface area contributed by atoms with E-state index in [1.807, 2.05) is 0 Å². The zero-order valence-electron chi connectivity index (χ0n) is 18.0. The molecule has 1 heterocycles. The van der Waals surface area contributed by atoms with Crippen LogP contribution < -0.4 is 15.4 Å². The smallest absolute Gasteiger partial charge is 0.272 e. The largest absolute Gasteiger partial charge is 0.494 e. The van der Waals surface area contributed by atoms with Gasteiger partial charge in [-0.15, -0.1) is 0 Å². The summed E-state index contributed by atoms with van der Waals surface area (Å²) in [6.07, 6.45) is 1.17. The molecule has 168 valence electrons. The van der Waals surface area contributed by atoms with Crippen LogP contribution in [0.25, 0.3) is 0 Å². The molecule has 10 heteroatoms. The van der Waals surface area contributed by atoms with Gasteiger partial charge >= 0.3 is 0 Å². The van der Waals surface area contributed by atoms with Crippen LogP contribution in [0.1, 0.15) is 35.7 Å². The van der Waals surface area contributed by atoms with Gasteiger partial charge in [0, 0.05) is 42.4 Å². The average molecular weight is 440 g/mol. The monoisotopic (exact) mass is 440 g/mol. The van der Waals surface area contributed by atoms with E-state index < -0.39 is 11.0 Å². The minimum atomic E-state index is -0.668. The number of methoxy groups -OCH3 is 1. The van der Waals surface area contributed by atoms with Crippen LogP contribution in [-0.2, 0) is 9.59 Å². The van der Waals surface area contributed by atoms with E-state index in [9.17, 15) is 24.5 Å². The van der Waals surface area contributed by atoms with Gasteiger partial charge in [0.25, 0.3) is 11.6 Å². The summed E-state index contributed by atoms with van der Waals surface area (Å²) in [7, 11) is 1.45. The lowest BCUT2D eigenvalue weighted by molar-refractivity contribution is -0.385. The van der Waals surface area contributed by atoms with Gasteiger partial charge in [0.05, 0.1) is 17.7 Å². The van der Waals surface area contributed by atoms with Crippen molar-refractivity contribution in [1.29, 1.82) is 0 Å². The lowest BCUT2D eigenvalue weighted by Crippen LogP contribution is -2.43. The molecule has 1 aliphatic rings. The Balaban J connectivity index is 1.75. The molecule has 0 spiro atoms. The molecule has 2 aromatic carbocycles. The topological polar surface area (TPSA) is 131 Å². The summed E-state index contributed by atoms with van der Waals surface area (Å²) in [5.74, 6) is -0.552. The number of carbonyl (C=O) groups is 3. The van der Waals surface area contributed by atoms with Crippen molar-refractivity contribution in [1.82, 2.24) is 4.90 Å². The second-order valence-electron chi connectivity index (χ2n) is 7.50. The molecule has 0 bridgehead atoms. The Hall–Kier alpha value is -3.95. The minimum Gasteiger partial charge on any atom is -0.494 e. The van der Waals surface area contributed by atoms with E-state index in [0.29, 0.717) is 47.6 Å². The van der Waals surface area contributed by atoms with Crippen molar-refractivity contribution in [3.8, 4) is 5.75 Å². The molecule has 10 nitrogen and oxygen atoms in total. The molecule has 0 saturated carbocycles. The van der Waals surface area contributed by atoms with Crippen molar-refractivity contribution < 1.29 is 24.0 Å². The Morgan fingerprint density at radius 1 is 1.16 bits per heavy atom. The second kappa shape index (κ2) is 9.46. The maximum absolute atomic E-state index is 13.0. The van der Waals surface area contributed by atoms with Gasteiger partial charge in [0.1, 0.15) is 11.8 Å². The SMILES string of the molecule is COc1cc(NC(=O)C2CCCN2C(=O)c2ccc([N+](=O)[O-])c(C)c2)ccc1NC(C)=O. The van der Waals surface area contributed by atoms with Crippen LogP contribution in [0.15, 0.2) is 36.4 Å². The Morgan fingerprint density at radius 3 is 2.53 bits per heavy atom. The third-order valence-corrected chi connectivity index (χ3v) is 5.24. The maximum Gasteiger partial charge on any atom is 0.272 e. The highest BCUT2D eigenvalue weighted by Gasteiger charge is 2.35. The zero-order chi connectivity index (χ0) is 23.4. The molecule has 1 atom stereocenters. The summed E-state index contributed by atoms with van der Waals surface area (Å²) >= 11 is 0. The Kier molecular flexibility index (Phi) is 6.72. The number of benzene rings is 2. The summed E-state index contributed by atoms with van der Waals surface area (Å²) in [6, 6.07) is 8.35. The Morgan fingerprint density at radius 2 is 1.91 bits per heavy atom. The van der Waals surface area contributed by atoms with Gasteiger partial charge in [-0.1, -0.05) is 0 Å². The van der Waals surface area contributed by atoms with Gasteiger partial charge in [-0.2, -0.15) is 0 Å². The fraction of sp³-hybridized carbons (Fsp3) is 0.318. The molecule has 1 fully saturated rings. The van der Waals surface area contributed by atoms with E-state index in [1.165, 1.54) is 37.1 Å². The number of aryl methyl sites for hydroxylation is 1. The standard InChI is InChI=1S/C22H24N4O6/c1-13-11-15(6-9-18(13)26(30)31)22(29)25-10-4-5-19(25)21(28)24-16-7-8-17(23-14(2)27)20(12-16)32-3/h6-9,11-12,19H,4-5,10H2,1-3H3,(H,23,27)(H,24,28). The van der Waals surface area contributed by atoms with Crippen LogP contribution >= 0.6 is 0 Å². The van der Waals surface area contributed by atoms with Crippen LogP contribution in [0, 0.1) is 17.0 Å². The Labute approximate surface area is 184 Å². The van der Waals surface area contributed by atoms with Gasteiger partial charge < -0.3 is 20.3 Å². The van der Waals surface area contributed by atoms with E-state index in [0.717, 1.165) is 0 Å². The van der Waals surface area contributed by atoms with Gasteiger partial charge in [-0.25, -0.2) is 0 Å². The van der Waals surface area contributed by atoms with Gasteiger partial charge in [0.2, 0.25) is 11.8 Å². The molecule has 0 radical (unpaired) electrons. The first-order valence-electron chi connectivity index (χ1n) is 10.0. The quantitative estimate of drug-likeness (QED) is 0.524. The van der Waals surface area contributed by atoms with Gasteiger partial charge in [-0.05, 0) is 44.0 Å². The minimum absolute atomic E-state index is 0.0612. The molecular weight excluding hydrogens is 416 g/mol. The number of nitro benzene ring substituents is 1. The molecular formula is C22H24N4O6. The first-order valence-corrected chi connectivity index (χ1v) is 10.0. The van der Waals surface area contributed by atoms with Crippen molar-refractivity contribution in [2.24, 2.45) is 0 Å². The highest BCUT2D eigenvalue weighted by molar-refractivity contribution is 6.02. The number of amides is 3. The lowest BCUT2D eigenvalue weighted by atomic mass is 10.1. The number of ether oxygens (including phenoxy) is 1. The number of hydrogen-bond acceptors (Lipinski definition) is 6. The average Bonchev–Trinajstić information content (AvgIpc) is 3.23. The summed E-state index contributed by atoms with van der Waals surface area (Å²) < 4.78 is 5.27. The molecule has 3 amide bonds. The molecule has 2 aromatic rings. The number of nitrogens with one attached hydrogen (secondary N) is 2. The number of carbonyl (C=O) groups excluding carboxylic acids is 3. The van der Waals surface area contributed by atoms with Gasteiger partial charge in [-0.3, -0.25) is 24.5 Å². The highest BCUT2D eigenvalue weighted by Crippen LogP contribution is 2.29. The van der Waals surface area contributed by atoms with Crippen molar-refractivity contribution in [2.75, 3.05) is 24.3 Å². The summed E-state index contributed by atoms with van der Waals surface area (Å²) in [4.78, 5) is 49.2. The van der Waals surface area contributed by atoms with Crippen LogP contribution in [0.5, 0.6) is 5.75 Å². The predicted octanol–water partition coefficient (Wildman–Crippen LogP) is 3.11. The molecule has 2 N–H and O–H groups in total. The van der Waals surface area contributed by atoms with E-state index in [1.54, 1.807) is 25.1 Å². The highest BCUT2D eigenvalue weighted by atomic mass is 16.6. The van der Waals surface area contributed by atoms with Crippen LogP contribution in [0.3, 0.4) is 0 Å². The molecule has 3 rings (SSSR count). The number of anilines is 2. The molecule has 1 saturated heterocycles. The second-order valence-corrected chi connectivity index (χ2v) is 7.50. The van der Waals surface area contributed by atoms with E-state index >= 15 is 0 Å². The van der Waals surface area contributed by atoms with Crippen LogP contribution in [0.2, 0.25) is 0 Å². The van der Waals surface area contributed by atoms with Crippen LogP contribution in [0.4, 0.5) is 17.1 Å². The third kappa shape index (κ3) is 4.85. The third-order valence-electron chi connectivity index (χ3n) is 5.24. The lowest BCUT2D eigenvalue weighted by Gasteiger charge is -2.24. The van der Waals surface area contributed by atoms with Crippen molar-refractivity contribution >= 4 is 34.8 Å². The molecule has 0 aromatic heterocycles. The van der Waals surface area contributed by atoms with E-state index in [4.69, 9.17) is 4.74 Å². The van der Waals surface area contributed by atoms with E-state index in [2.05, 4.69) is 10.6 Å². The van der Waals surface area contributed by atoms with Crippen molar-refractivity contribution in [3.05, 3.63) is 57.6 Å². The molecule has 1 aliphatic heterocycles. The molecule has 1 unspecified atom stereocenters. The van der Waals surface area contributed by atoms with Crippen LogP contribution in [-0.4, -0.2) is 47.2 Å². The molecule has 0 aliphatic carbocycles. The number of likely N-dealkylation sites (tertiary alicyclic amines) is 1. The van der Waals surface area contributed by atoms with Crippen molar-refractivity contribution in [3.63, 3.8) is 0 Å². The van der Waals surface area contributed by atoms with Crippen molar-refractivity contribution in [2.45, 2.75) is 32.7 Å². The summed E-state index contributed by atoms with van der Waals surface area (Å²) in [5.41, 5.74) is 1.56. The number of nitro groups is 1. The number of rotatable bonds is 6. The zero-order valence-corrected chi connectivity index (χ0v) is 18.0. The summed E-state index contributed by atoms with van der Waals surface area (Å²) in [6.45, 7) is 3.37. The first kappa shape index (κ1) is 22.7. The first-order chi connectivity index (χ1) is 15.2. The number of nitrogens with zero attached hydrogens (tertiary/aromatic N) is 2. The Bertz CT molecular complexity index is 1080. The normalized spacial score (nSPS) is 15.2.